The molecule has 0 amide bonds. The first-order valence-electron chi connectivity index (χ1n) is 10.5. The number of esters is 2. The van der Waals surface area contributed by atoms with E-state index in [1.54, 1.807) is 37.3 Å². The molecule has 0 saturated heterocycles. The van der Waals surface area contributed by atoms with Gasteiger partial charge in [0.25, 0.3) is 5.56 Å². The maximum atomic E-state index is 13.5. The summed E-state index contributed by atoms with van der Waals surface area (Å²) >= 11 is 1.15. The molecule has 1 aromatic heterocycles. The van der Waals surface area contributed by atoms with Crippen molar-refractivity contribution in [2.45, 2.75) is 19.9 Å². The molecule has 0 bridgehead atoms. The Kier molecular flexibility index (Phi) is 6.65. The molecule has 1 aliphatic heterocycles. The Hall–Kier alpha value is -4.05. The number of methoxy groups -OCH3 is 2. The lowest BCUT2D eigenvalue weighted by Crippen LogP contribution is -2.39. The van der Waals surface area contributed by atoms with Crippen molar-refractivity contribution in [3.8, 4) is 11.5 Å². The molecule has 4 rings (SSSR count). The van der Waals surface area contributed by atoms with E-state index >= 15 is 0 Å². The van der Waals surface area contributed by atoms with Gasteiger partial charge in [0.1, 0.15) is 5.82 Å². The van der Waals surface area contributed by atoms with Crippen LogP contribution >= 0.6 is 11.3 Å². The molecule has 0 spiro atoms. The van der Waals surface area contributed by atoms with Gasteiger partial charge in [0.15, 0.2) is 16.3 Å². The lowest BCUT2D eigenvalue weighted by atomic mass is 9.95. The van der Waals surface area contributed by atoms with Gasteiger partial charge < -0.3 is 14.2 Å². The van der Waals surface area contributed by atoms with Crippen LogP contribution in [0, 0.1) is 5.82 Å². The monoisotopic (exact) mass is 496 g/mol. The van der Waals surface area contributed by atoms with E-state index < -0.39 is 18.0 Å². The molecule has 0 N–H and O–H groups in total. The Bertz CT molecular complexity index is 1540. The first kappa shape index (κ1) is 24.1. The summed E-state index contributed by atoms with van der Waals surface area (Å²) in [6, 6.07) is 9.66. The second-order valence-corrected chi connectivity index (χ2v) is 8.64. The van der Waals surface area contributed by atoms with Crippen molar-refractivity contribution in [2.75, 3.05) is 14.2 Å². The molecule has 180 valence electrons. The van der Waals surface area contributed by atoms with E-state index in [9.17, 15) is 18.8 Å². The second kappa shape index (κ2) is 9.67. The molecular formula is C25H21FN2O6S. The van der Waals surface area contributed by atoms with Crippen LogP contribution in [-0.4, -0.2) is 30.7 Å². The van der Waals surface area contributed by atoms with Crippen LogP contribution in [0.4, 0.5) is 4.39 Å². The lowest BCUT2D eigenvalue weighted by molar-refractivity contribution is -0.136. The number of aromatic nitrogens is 1. The number of carbonyl (C=O) groups excluding carboxylic acids is 2. The highest BCUT2D eigenvalue weighted by Gasteiger charge is 2.33. The summed E-state index contributed by atoms with van der Waals surface area (Å²) in [6.45, 7) is 2.94. The van der Waals surface area contributed by atoms with Gasteiger partial charge in [-0.2, -0.15) is 0 Å². The van der Waals surface area contributed by atoms with Crippen molar-refractivity contribution in [3.63, 3.8) is 0 Å². The fourth-order valence-electron chi connectivity index (χ4n) is 3.81. The van der Waals surface area contributed by atoms with E-state index in [2.05, 4.69) is 4.99 Å². The number of nitrogens with zero attached hydrogens (tertiary/aromatic N) is 2. The highest BCUT2D eigenvalue weighted by Crippen LogP contribution is 2.36. The Balaban J connectivity index is 1.95. The highest BCUT2D eigenvalue weighted by molar-refractivity contribution is 7.07. The Labute approximate surface area is 203 Å². The number of thiazole rings is 1. The van der Waals surface area contributed by atoms with Crippen molar-refractivity contribution in [2.24, 2.45) is 4.99 Å². The van der Waals surface area contributed by atoms with Crippen LogP contribution in [0.25, 0.3) is 6.08 Å². The van der Waals surface area contributed by atoms with Gasteiger partial charge in [0.05, 0.1) is 36.1 Å². The molecule has 0 fully saturated rings. The fourth-order valence-corrected chi connectivity index (χ4v) is 4.86. The lowest BCUT2D eigenvalue weighted by Gasteiger charge is -2.25. The van der Waals surface area contributed by atoms with E-state index in [4.69, 9.17) is 14.2 Å². The molecule has 0 radical (unpaired) electrons. The fraction of sp³-hybridized carbons (Fsp3) is 0.200. The van der Waals surface area contributed by atoms with E-state index in [0.29, 0.717) is 26.2 Å². The maximum Gasteiger partial charge on any atom is 0.338 e. The molecule has 0 aliphatic carbocycles. The number of halogens is 1. The van der Waals surface area contributed by atoms with Gasteiger partial charge in [-0.25, -0.2) is 14.2 Å². The molecule has 2 heterocycles. The quantitative estimate of drug-likeness (QED) is 0.398. The second-order valence-electron chi connectivity index (χ2n) is 7.63. The largest absolute Gasteiger partial charge is 0.493 e. The number of carbonyl (C=O) groups is 2. The number of allylic oxidation sites excluding steroid dienone is 1. The first-order chi connectivity index (χ1) is 16.7. The number of rotatable bonds is 5. The molecule has 35 heavy (non-hydrogen) atoms. The summed E-state index contributed by atoms with van der Waals surface area (Å²) in [5.41, 5.74) is 1.39. The van der Waals surface area contributed by atoms with E-state index in [-0.39, 0.29) is 28.4 Å². The van der Waals surface area contributed by atoms with Crippen molar-refractivity contribution in [1.82, 2.24) is 4.57 Å². The first-order valence-corrected chi connectivity index (χ1v) is 11.3. The van der Waals surface area contributed by atoms with Crippen LogP contribution in [-0.2, 0) is 14.3 Å². The van der Waals surface area contributed by atoms with E-state index in [1.165, 1.54) is 43.9 Å². The number of fused-ring (bicyclic) bond motifs is 1. The minimum Gasteiger partial charge on any atom is -0.493 e. The van der Waals surface area contributed by atoms with Gasteiger partial charge in [0.2, 0.25) is 0 Å². The van der Waals surface area contributed by atoms with Crippen molar-refractivity contribution < 1.29 is 28.2 Å². The smallest absolute Gasteiger partial charge is 0.338 e. The Morgan fingerprint density at radius 1 is 1.11 bits per heavy atom. The van der Waals surface area contributed by atoms with Crippen LogP contribution in [0.15, 0.2) is 63.5 Å². The topological polar surface area (TPSA) is 96.2 Å². The van der Waals surface area contributed by atoms with Crippen LogP contribution in [0.2, 0.25) is 0 Å². The minimum atomic E-state index is -0.866. The normalized spacial score (nSPS) is 15.3. The third kappa shape index (κ3) is 4.65. The zero-order valence-electron chi connectivity index (χ0n) is 19.3. The molecule has 8 nitrogen and oxygen atoms in total. The minimum absolute atomic E-state index is 0.190. The molecule has 1 atom stereocenters. The average Bonchev–Trinajstić information content (AvgIpc) is 3.13. The predicted molar refractivity (Wildman–Crippen MR) is 126 cm³/mol. The average molecular weight is 497 g/mol. The predicted octanol–water partition coefficient (Wildman–Crippen LogP) is 2.48. The van der Waals surface area contributed by atoms with Crippen molar-refractivity contribution in [3.05, 3.63) is 90.4 Å². The molecular weight excluding hydrogens is 475 g/mol. The van der Waals surface area contributed by atoms with Crippen LogP contribution in [0.3, 0.4) is 0 Å². The molecule has 2 aromatic carbocycles. The summed E-state index contributed by atoms with van der Waals surface area (Å²) in [6.07, 6.45) is 1.64. The van der Waals surface area contributed by atoms with Crippen molar-refractivity contribution >= 4 is 29.4 Å². The SMILES string of the molecule is COC(=O)C1=C(C)N=c2s/c(=C/c3ccc(F)cc3)c(=O)n2[C@H]1c1ccc(OC(C)=O)c(OC)c1. The Morgan fingerprint density at radius 2 is 1.83 bits per heavy atom. The molecule has 3 aromatic rings. The van der Waals surface area contributed by atoms with Gasteiger partial charge in [-0.15, -0.1) is 0 Å². The number of benzene rings is 2. The highest BCUT2D eigenvalue weighted by atomic mass is 32.1. The van der Waals surface area contributed by atoms with Crippen molar-refractivity contribution in [1.29, 1.82) is 0 Å². The summed E-state index contributed by atoms with van der Waals surface area (Å²) in [5.74, 6) is -1.08. The molecule has 10 heteroatoms. The van der Waals surface area contributed by atoms with Crippen LogP contribution in [0.5, 0.6) is 11.5 Å². The summed E-state index contributed by atoms with van der Waals surface area (Å²) in [4.78, 5) is 42.6. The van der Waals surface area contributed by atoms with Gasteiger partial charge >= 0.3 is 11.9 Å². The van der Waals surface area contributed by atoms with E-state index in [0.717, 1.165) is 11.3 Å². The van der Waals surface area contributed by atoms with Crippen LogP contribution < -0.4 is 24.4 Å². The third-order valence-electron chi connectivity index (χ3n) is 5.35. The number of hydrogen-bond donors (Lipinski definition) is 0. The summed E-state index contributed by atoms with van der Waals surface area (Å²) in [7, 11) is 2.67. The molecule has 1 aliphatic rings. The number of hydrogen-bond acceptors (Lipinski definition) is 8. The van der Waals surface area contributed by atoms with Gasteiger partial charge in [-0.05, 0) is 48.4 Å². The van der Waals surface area contributed by atoms with Gasteiger partial charge in [-0.1, -0.05) is 29.5 Å². The molecule has 0 unspecified atom stereocenters. The third-order valence-corrected chi connectivity index (χ3v) is 6.33. The molecule has 0 saturated carbocycles. The zero-order valence-corrected chi connectivity index (χ0v) is 20.1. The van der Waals surface area contributed by atoms with Crippen LogP contribution in [0.1, 0.15) is 31.0 Å². The maximum absolute atomic E-state index is 13.5. The summed E-state index contributed by atoms with van der Waals surface area (Å²) < 4.78 is 30.7. The number of ether oxygens (including phenoxy) is 3. The van der Waals surface area contributed by atoms with E-state index in [1.807, 2.05) is 0 Å². The zero-order chi connectivity index (χ0) is 25.3. The Morgan fingerprint density at radius 3 is 2.46 bits per heavy atom. The standard InChI is InChI=1S/C25H21FN2O6S/c1-13-21(24(31)33-4)22(16-7-10-18(34-14(2)29)19(12-16)32-3)28-23(30)20(35-25(28)27-13)11-15-5-8-17(26)9-6-15/h5-12,22H,1-4H3/b20-11+/t22-/m0/s1. The summed E-state index contributed by atoms with van der Waals surface area (Å²) in [5, 5.41) is 0. The van der Waals surface area contributed by atoms with Gasteiger partial charge in [-0.3, -0.25) is 14.2 Å². The van der Waals surface area contributed by atoms with Gasteiger partial charge in [0, 0.05) is 6.92 Å².